The van der Waals surface area contributed by atoms with E-state index in [9.17, 15) is 26.7 Å². The monoisotopic (exact) mass is 469 g/mol. The van der Waals surface area contributed by atoms with E-state index < -0.39 is 41.2 Å². The molecular weight excluding hydrogens is 441 g/mol. The van der Waals surface area contributed by atoms with Crippen LogP contribution in [0.5, 0.6) is 0 Å². The fraction of sp³-hybridized carbons (Fsp3) is 0.526. The quantitative estimate of drug-likeness (QED) is 0.289. The van der Waals surface area contributed by atoms with Gasteiger partial charge in [-0.1, -0.05) is 37.0 Å². The molecule has 0 aliphatic heterocycles. The molecule has 1 aromatic carbocycles. The Labute approximate surface area is 175 Å². The van der Waals surface area contributed by atoms with Crippen LogP contribution in [-0.4, -0.2) is 48.2 Å². The molecule has 0 bridgehead atoms. The highest BCUT2D eigenvalue weighted by atomic mass is 28.4. The van der Waals surface area contributed by atoms with E-state index in [1.54, 1.807) is 19.1 Å². The Morgan fingerprint density at radius 3 is 2.20 bits per heavy atom. The smallest absolute Gasteiger partial charge is 0.458 e. The Morgan fingerprint density at radius 2 is 1.73 bits per heavy atom. The van der Waals surface area contributed by atoms with Crippen molar-refractivity contribution in [3.05, 3.63) is 36.6 Å². The molecule has 0 saturated carbocycles. The zero-order valence-corrected chi connectivity index (χ0v) is 20.0. The average Bonchev–Trinajstić information content (AvgIpc) is 2.57. The van der Waals surface area contributed by atoms with Gasteiger partial charge in [-0.2, -0.15) is 17.6 Å². The molecule has 0 saturated heterocycles. The SMILES string of the molecule is C=C(C)O[Si](C)(C)C[Si](C)(C)c1cccc(N(C)C(=O)C(F)(OCF)C(F)(F)F)c1. The lowest BCUT2D eigenvalue weighted by atomic mass is 10.2. The minimum Gasteiger partial charge on any atom is -0.548 e. The number of likely N-dealkylation sites (N-methyl/N-ethyl adjacent to an activating group) is 1. The average molecular weight is 470 g/mol. The van der Waals surface area contributed by atoms with Gasteiger partial charge in [0.15, 0.2) is 6.86 Å². The van der Waals surface area contributed by atoms with E-state index in [0.717, 1.165) is 17.9 Å². The summed E-state index contributed by atoms with van der Waals surface area (Å²) in [6.45, 7) is 11.7. The first-order valence-corrected chi connectivity index (χ1v) is 15.5. The molecular formula is C19H28F5NO3Si2. The highest BCUT2D eigenvalue weighted by Gasteiger charge is 2.65. The largest absolute Gasteiger partial charge is 0.548 e. The molecule has 0 radical (unpaired) electrons. The lowest BCUT2D eigenvalue weighted by Crippen LogP contribution is -2.56. The summed E-state index contributed by atoms with van der Waals surface area (Å²) in [5.74, 6) is -6.21. The van der Waals surface area contributed by atoms with Crippen LogP contribution in [0.4, 0.5) is 27.6 Å². The van der Waals surface area contributed by atoms with Crippen molar-refractivity contribution in [3.63, 3.8) is 0 Å². The Kier molecular flexibility index (Phi) is 8.06. The van der Waals surface area contributed by atoms with Gasteiger partial charge in [-0.25, -0.2) is 4.39 Å². The summed E-state index contributed by atoms with van der Waals surface area (Å²) in [7, 11) is -3.26. The molecule has 11 heteroatoms. The molecule has 0 N–H and O–H groups in total. The number of carbonyl (C=O) groups is 1. The molecule has 170 valence electrons. The Hall–Kier alpha value is -1.73. The highest BCUT2D eigenvalue weighted by molar-refractivity contribution is 7.00. The van der Waals surface area contributed by atoms with Crippen molar-refractivity contribution in [3.8, 4) is 0 Å². The summed E-state index contributed by atoms with van der Waals surface area (Å²) in [6, 6.07) is 6.34. The second-order valence-electron chi connectivity index (χ2n) is 8.39. The molecule has 1 atom stereocenters. The molecule has 0 aliphatic rings. The summed E-state index contributed by atoms with van der Waals surface area (Å²) in [5, 5.41) is 0.855. The van der Waals surface area contributed by atoms with E-state index in [1.165, 1.54) is 6.07 Å². The fourth-order valence-electron chi connectivity index (χ4n) is 3.48. The zero-order valence-electron chi connectivity index (χ0n) is 18.0. The number of halogens is 5. The van der Waals surface area contributed by atoms with Crippen molar-refractivity contribution in [2.75, 3.05) is 18.8 Å². The highest BCUT2D eigenvalue weighted by Crippen LogP contribution is 2.37. The molecule has 1 unspecified atom stereocenters. The Morgan fingerprint density at radius 1 is 1.17 bits per heavy atom. The first kappa shape index (κ1) is 26.3. The number of benzene rings is 1. The van der Waals surface area contributed by atoms with Gasteiger partial charge in [0.05, 0.1) is 13.8 Å². The van der Waals surface area contributed by atoms with E-state index in [2.05, 4.69) is 24.4 Å². The third-order valence-electron chi connectivity index (χ3n) is 4.53. The van der Waals surface area contributed by atoms with Crippen molar-refractivity contribution in [2.45, 2.75) is 50.8 Å². The lowest BCUT2D eigenvalue weighted by Gasteiger charge is -2.34. The number of amides is 1. The standard InChI is InChI=1S/C19H28F5NO3Si2/c1-14(2)28-30(6,7)13-29(4,5)16-10-8-9-15(11-16)25(3)17(26)18(21,27-12-20)19(22,23)24/h8-11H,1,12-13H2,2-7H3. The fourth-order valence-corrected chi connectivity index (χ4v) is 15.1. The maximum Gasteiger partial charge on any atom is 0.458 e. The third-order valence-corrected chi connectivity index (χ3v) is 14.2. The van der Waals surface area contributed by atoms with Crippen molar-refractivity contribution in [1.82, 2.24) is 0 Å². The van der Waals surface area contributed by atoms with E-state index in [-0.39, 0.29) is 5.69 Å². The first-order valence-electron chi connectivity index (χ1n) is 9.15. The summed E-state index contributed by atoms with van der Waals surface area (Å²) < 4.78 is 75.3. The van der Waals surface area contributed by atoms with Gasteiger partial charge in [0, 0.05) is 12.7 Å². The van der Waals surface area contributed by atoms with Crippen molar-refractivity contribution in [2.24, 2.45) is 0 Å². The van der Waals surface area contributed by atoms with Crippen LogP contribution in [-0.2, 0) is 14.0 Å². The van der Waals surface area contributed by atoms with Gasteiger partial charge in [0.2, 0.25) is 8.32 Å². The van der Waals surface area contributed by atoms with Gasteiger partial charge in [0.25, 0.3) is 0 Å². The van der Waals surface area contributed by atoms with E-state index in [0.29, 0.717) is 10.7 Å². The lowest BCUT2D eigenvalue weighted by molar-refractivity contribution is -0.321. The number of ether oxygens (including phenoxy) is 1. The van der Waals surface area contributed by atoms with E-state index in [1.807, 2.05) is 19.2 Å². The Bertz CT molecular complexity index is 786. The summed E-state index contributed by atoms with van der Waals surface area (Å²) in [4.78, 5) is 12.7. The van der Waals surface area contributed by atoms with Crippen molar-refractivity contribution >= 4 is 33.2 Å². The number of hydrogen-bond donors (Lipinski definition) is 0. The maximum atomic E-state index is 14.3. The number of alkyl halides is 5. The summed E-state index contributed by atoms with van der Waals surface area (Å²) in [5.41, 5.74) is 0.834. The van der Waals surface area contributed by atoms with E-state index >= 15 is 0 Å². The molecule has 1 aromatic rings. The Balaban J connectivity index is 3.24. The number of nitrogens with zero attached hydrogens (tertiary/aromatic N) is 1. The predicted octanol–water partition coefficient (Wildman–Crippen LogP) is 5.03. The molecule has 0 aliphatic carbocycles. The van der Waals surface area contributed by atoms with Crippen LogP contribution < -0.4 is 10.1 Å². The van der Waals surface area contributed by atoms with Gasteiger partial charge < -0.3 is 9.33 Å². The normalized spacial score (nSPS) is 14.8. The van der Waals surface area contributed by atoms with Crippen LogP contribution in [0.15, 0.2) is 36.6 Å². The maximum absolute atomic E-state index is 14.3. The molecule has 1 amide bonds. The van der Waals surface area contributed by atoms with Crippen LogP contribution in [0.25, 0.3) is 0 Å². The minimum absolute atomic E-state index is 0.0482. The van der Waals surface area contributed by atoms with Crippen molar-refractivity contribution < 1.29 is 35.9 Å². The van der Waals surface area contributed by atoms with Crippen molar-refractivity contribution in [1.29, 1.82) is 0 Å². The number of hydrogen-bond acceptors (Lipinski definition) is 3. The van der Waals surface area contributed by atoms with Gasteiger partial charge in [-0.15, -0.1) is 0 Å². The minimum atomic E-state index is -5.73. The number of rotatable bonds is 9. The summed E-state index contributed by atoms with van der Waals surface area (Å²) in [6.07, 6.45) is -5.73. The summed E-state index contributed by atoms with van der Waals surface area (Å²) >= 11 is 0. The molecule has 0 aromatic heterocycles. The second-order valence-corrected chi connectivity index (χ2v) is 17.9. The molecule has 0 fully saturated rings. The van der Waals surface area contributed by atoms with Crippen LogP contribution in [0.2, 0.25) is 31.9 Å². The van der Waals surface area contributed by atoms with Gasteiger partial charge >= 0.3 is 17.9 Å². The number of allylic oxidation sites excluding steroid dienone is 1. The van der Waals surface area contributed by atoms with Crippen LogP contribution >= 0.6 is 0 Å². The molecule has 4 nitrogen and oxygen atoms in total. The molecule has 1 rings (SSSR count). The molecule has 30 heavy (non-hydrogen) atoms. The second kappa shape index (κ2) is 9.19. The van der Waals surface area contributed by atoms with Gasteiger partial charge in [-0.3, -0.25) is 9.53 Å². The zero-order chi connectivity index (χ0) is 23.5. The number of carbonyl (C=O) groups excluding carboxylic acids is 1. The van der Waals surface area contributed by atoms with E-state index in [4.69, 9.17) is 4.43 Å². The predicted molar refractivity (Wildman–Crippen MR) is 112 cm³/mol. The third kappa shape index (κ3) is 6.14. The van der Waals surface area contributed by atoms with Gasteiger partial charge in [-0.05, 0) is 37.8 Å². The molecule has 0 heterocycles. The topological polar surface area (TPSA) is 38.8 Å². The van der Waals surface area contributed by atoms with Crippen LogP contribution in [0.3, 0.4) is 0 Å². The molecule has 0 spiro atoms. The first-order chi connectivity index (χ1) is 13.5. The van der Waals surface area contributed by atoms with Crippen LogP contribution in [0.1, 0.15) is 6.92 Å². The van der Waals surface area contributed by atoms with Gasteiger partial charge in [0.1, 0.15) is 0 Å². The van der Waals surface area contributed by atoms with Crippen LogP contribution in [0, 0.1) is 0 Å². The number of anilines is 1.